The average Bonchev–Trinajstić information content (AvgIpc) is 2.74. The van der Waals surface area contributed by atoms with Gasteiger partial charge in [-0.3, -0.25) is 9.36 Å². The highest BCUT2D eigenvalue weighted by Crippen LogP contribution is 2.48. The second-order valence-corrected chi connectivity index (χ2v) is 8.58. The molecule has 2 aliphatic carbocycles. The lowest BCUT2D eigenvalue weighted by atomic mass is 9.62. The summed E-state index contributed by atoms with van der Waals surface area (Å²) < 4.78 is 7.35. The van der Waals surface area contributed by atoms with E-state index < -0.39 is 0 Å². The minimum absolute atomic E-state index is 0.0188. The number of benzene rings is 2. The summed E-state index contributed by atoms with van der Waals surface area (Å²) in [7, 11) is 1.64. The summed E-state index contributed by atoms with van der Waals surface area (Å²) in [5, 5.41) is 0. The first kappa shape index (κ1) is 18.4. The maximum atomic E-state index is 13.9. The number of nitrogens with zero attached hydrogens (tertiary/aromatic N) is 1. The molecule has 0 atom stereocenters. The first-order valence-electron chi connectivity index (χ1n) is 10.3. The predicted molar refractivity (Wildman–Crippen MR) is 118 cm³/mol. The van der Waals surface area contributed by atoms with Crippen molar-refractivity contribution in [2.75, 3.05) is 7.11 Å². The van der Waals surface area contributed by atoms with Crippen LogP contribution in [0.2, 0.25) is 0 Å². The van der Waals surface area contributed by atoms with Crippen molar-refractivity contribution in [3.05, 3.63) is 74.8 Å². The minimum Gasteiger partial charge on any atom is -0.497 e. The Morgan fingerprint density at radius 3 is 2.48 bits per heavy atom. The number of rotatable bonds is 2. The van der Waals surface area contributed by atoms with E-state index in [1.807, 2.05) is 30.3 Å². The molecule has 0 amide bonds. The molecule has 5 rings (SSSR count). The fraction of sp³-hybridized carbons (Fsp3) is 0.333. The summed E-state index contributed by atoms with van der Waals surface area (Å²) in [5.74, 6) is 0.757. The molecule has 2 aliphatic rings. The first-order chi connectivity index (χ1) is 14.1. The Morgan fingerprint density at radius 2 is 1.76 bits per heavy atom. The Labute approximate surface area is 175 Å². The van der Waals surface area contributed by atoms with Crippen molar-refractivity contribution in [2.45, 2.75) is 43.9 Å². The lowest BCUT2D eigenvalue weighted by Gasteiger charge is -2.42. The van der Waals surface area contributed by atoms with Crippen LogP contribution in [0.5, 0.6) is 5.75 Å². The van der Waals surface area contributed by atoms with Gasteiger partial charge in [-0.25, -0.2) is 0 Å². The van der Waals surface area contributed by atoms with Gasteiger partial charge in [-0.05, 0) is 61.3 Å². The van der Waals surface area contributed by atoms with Crippen LogP contribution >= 0.6 is 12.2 Å². The van der Waals surface area contributed by atoms with Gasteiger partial charge in [-0.15, -0.1) is 0 Å². The van der Waals surface area contributed by atoms with Crippen LogP contribution in [0.4, 0.5) is 0 Å². The Morgan fingerprint density at radius 1 is 1.03 bits per heavy atom. The van der Waals surface area contributed by atoms with Crippen LogP contribution in [-0.2, 0) is 11.8 Å². The topological polar surface area (TPSA) is 47.0 Å². The van der Waals surface area contributed by atoms with Crippen molar-refractivity contribution in [1.29, 1.82) is 0 Å². The number of aromatic nitrogens is 2. The lowest BCUT2D eigenvalue weighted by molar-refractivity contribution is 0.284. The second-order valence-electron chi connectivity index (χ2n) is 8.19. The highest BCUT2D eigenvalue weighted by Gasteiger charge is 2.42. The molecule has 1 aromatic heterocycles. The fourth-order valence-electron chi connectivity index (χ4n) is 5.22. The maximum absolute atomic E-state index is 13.9. The third-order valence-electron chi connectivity index (χ3n) is 6.59. The van der Waals surface area contributed by atoms with Gasteiger partial charge in [0.15, 0.2) is 4.77 Å². The summed E-state index contributed by atoms with van der Waals surface area (Å²) in [6.07, 6.45) is 6.61. The average molecular weight is 405 g/mol. The van der Waals surface area contributed by atoms with Crippen molar-refractivity contribution >= 4 is 12.2 Å². The SMILES string of the molecule is COc1ccc(-n2c(=S)[nH]c3c(c2=O)C2(CCCCC2)Cc2ccccc2-3)cc1. The van der Waals surface area contributed by atoms with Gasteiger partial charge in [-0.2, -0.15) is 0 Å². The lowest BCUT2D eigenvalue weighted by Crippen LogP contribution is -2.42. The maximum Gasteiger partial charge on any atom is 0.263 e. The van der Waals surface area contributed by atoms with Crippen molar-refractivity contribution in [2.24, 2.45) is 0 Å². The Hall–Kier alpha value is -2.66. The van der Waals surface area contributed by atoms with Gasteiger partial charge in [0.25, 0.3) is 5.56 Å². The van der Waals surface area contributed by atoms with Crippen LogP contribution in [0.25, 0.3) is 16.9 Å². The van der Waals surface area contributed by atoms with E-state index in [4.69, 9.17) is 17.0 Å². The molecule has 1 spiro atoms. The van der Waals surface area contributed by atoms with E-state index in [0.29, 0.717) is 4.77 Å². The van der Waals surface area contributed by atoms with Gasteiger partial charge in [0.05, 0.1) is 18.5 Å². The molecule has 0 radical (unpaired) electrons. The predicted octanol–water partition coefficient (Wildman–Crippen LogP) is 5.33. The zero-order valence-electron chi connectivity index (χ0n) is 16.5. The van der Waals surface area contributed by atoms with Crippen LogP contribution in [0.1, 0.15) is 43.2 Å². The summed E-state index contributed by atoms with van der Waals surface area (Å²) in [6.45, 7) is 0. The van der Waals surface area contributed by atoms with Crippen molar-refractivity contribution in [1.82, 2.24) is 9.55 Å². The van der Waals surface area contributed by atoms with Crippen molar-refractivity contribution in [3.8, 4) is 22.7 Å². The molecule has 1 saturated carbocycles. The largest absolute Gasteiger partial charge is 0.497 e. The molecular formula is C24H24N2O2S. The Balaban J connectivity index is 1.80. The van der Waals surface area contributed by atoms with E-state index in [2.05, 4.69) is 23.2 Å². The monoisotopic (exact) mass is 404 g/mol. The molecule has 1 N–H and O–H groups in total. The molecule has 0 unspecified atom stereocenters. The van der Waals surface area contributed by atoms with Crippen LogP contribution in [-0.4, -0.2) is 16.7 Å². The third kappa shape index (κ3) is 2.87. The summed E-state index contributed by atoms with van der Waals surface area (Å²) in [5.41, 5.74) is 4.95. The van der Waals surface area contributed by atoms with Gasteiger partial charge in [0.1, 0.15) is 5.75 Å². The van der Waals surface area contributed by atoms with E-state index in [1.165, 1.54) is 24.8 Å². The molecule has 2 aromatic carbocycles. The van der Waals surface area contributed by atoms with Crippen LogP contribution in [0, 0.1) is 4.77 Å². The Kier molecular flexibility index (Phi) is 4.43. The number of fused-ring (bicyclic) bond motifs is 4. The van der Waals surface area contributed by atoms with Crippen molar-refractivity contribution in [3.63, 3.8) is 0 Å². The zero-order valence-corrected chi connectivity index (χ0v) is 17.3. The number of aromatic amines is 1. The molecular weight excluding hydrogens is 380 g/mol. The highest BCUT2D eigenvalue weighted by atomic mass is 32.1. The normalized spacial score (nSPS) is 16.9. The number of methoxy groups -OCH3 is 1. The van der Waals surface area contributed by atoms with E-state index >= 15 is 0 Å². The Bertz CT molecular complexity index is 1180. The smallest absolute Gasteiger partial charge is 0.263 e. The third-order valence-corrected chi connectivity index (χ3v) is 6.87. The van der Waals surface area contributed by atoms with Crippen LogP contribution < -0.4 is 10.3 Å². The quantitative estimate of drug-likeness (QED) is 0.587. The highest BCUT2D eigenvalue weighted by molar-refractivity contribution is 7.71. The van der Waals surface area contributed by atoms with Crippen LogP contribution in [0.15, 0.2) is 53.3 Å². The molecule has 29 heavy (non-hydrogen) atoms. The zero-order chi connectivity index (χ0) is 20.0. The van der Waals surface area contributed by atoms with Gasteiger partial charge in [0, 0.05) is 16.5 Å². The molecule has 0 saturated heterocycles. The molecule has 3 aromatic rings. The fourth-order valence-corrected chi connectivity index (χ4v) is 5.51. The number of H-pyrrole nitrogens is 1. The van der Waals surface area contributed by atoms with Crippen molar-refractivity contribution < 1.29 is 4.74 Å². The molecule has 4 nitrogen and oxygen atoms in total. The second kappa shape index (κ2) is 6.99. The van der Waals surface area contributed by atoms with E-state index in [0.717, 1.165) is 47.5 Å². The molecule has 1 heterocycles. The molecule has 148 valence electrons. The summed E-state index contributed by atoms with van der Waals surface area (Å²) in [4.78, 5) is 17.4. The molecule has 0 bridgehead atoms. The number of nitrogens with one attached hydrogen (secondary N) is 1. The van der Waals surface area contributed by atoms with Gasteiger partial charge < -0.3 is 9.72 Å². The van der Waals surface area contributed by atoms with E-state index in [9.17, 15) is 4.79 Å². The minimum atomic E-state index is -0.104. The van der Waals surface area contributed by atoms with Crippen LogP contribution in [0.3, 0.4) is 0 Å². The molecule has 0 aliphatic heterocycles. The van der Waals surface area contributed by atoms with E-state index in [1.54, 1.807) is 11.7 Å². The van der Waals surface area contributed by atoms with Gasteiger partial charge in [-0.1, -0.05) is 43.5 Å². The molecule has 1 fully saturated rings. The summed E-state index contributed by atoms with van der Waals surface area (Å²) >= 11 is 5.66. The standard InChI is InChI=1S/C24H24N2O2S/c1-28-18-11-9-17(10-12-18)26-22(27)20-21(25-23(26)29)19-8-4-3-7-16(19)15-24(20)13-5-2-6-14-24/h3-4,7-12H,2,5-6,13-15H2,1H3,(H,25,29). The summed E-state index contributed by atoms with van der Waals surface area (Å²) in [6, 6.07) is 15.9. The van der Waals surface area contributed by atoms with Gasteiger partial charge >= 0.3 is 0 Å². The number of hydrogen-bond donors (Lipinski definition) is 1. The first-order valence-corrected chi connectivity index (χ1v) is 10.7. The number of ether oxygens (including phenoxy) is 1. The number of hydrogen-bond acceptors (Lipinski definition) is 3. The van der Waals surface area contributed by atoms with Gasteiger partial charge in [0.2, 0.25) is 0 Å². The van der Waals surface area contributed by atoms with E-state index in [-0.39, 0.29) is 11.0 Å². The molecule has 5 heteroatoms.